The molecule has 3 rings (SSSR count). The fourth-order valence-corrected chi connectivity index (χ4v) is 4.31. The van der Waals surface area contributed by atoms with Crippen LogP contribution < -0.4 is 4.74 Å². The average molecular weight is 434 g/mol. The standard InChI is InChI=1S/C14H10Br2O6/c15-5-3-7-9(6-1-2-21-13(6)19)10(12(17)18)14(20)22-11(7)8(16)4-5/h3-4,6,9-10H,1-2H2,(H,17,18). The van der Waals surface area contributed by atoms with Crippen molar-refractivity contribution in [3.8, 4) is 5.75 Å². The zero-order valence-corrected chi connectivity index (χ0v) is 14.2. The van der Waals surface area contributed by atoms with Gasteiger partial charge in [0.25, 0.3) is 0 Å². The lowest BCUT2D eigenvalue weighted by atomic mass is 9.74. The highest BCUT2D eigenvalue weighted by molar-refractivity contribution is 9.11. The van der Waals surface area contributed by atoms with Crippen molar-refractivity contribution in [1.29, 1.82) is 0 Å². The van der Waals surface area contributed by atoms with E-state index in [0.29, 0.717) is 20.9 Å². The van der Waals surface area contributed by atoms with E-state index in [0.717, 1.165) is 0 Å². The van der Waals surface area contributed by atoms with Crippen LogP contribution in [-0.2, 0) is 19.1 Å². The Bertz CT molecular complexity index is 686. The molecule has 8 heteroatoms. The normalized spacial score (nSPS) is 27.1. The molecule has 1 saturated heterocycles. The van der Waals surface area contributed by atoms with Gasteiger partial charge >= 0.3 is 17.9 Å². The molecule has 2 aliphatic rings. The van der Waals surface area contributed by atoms with Crippen LogP contribution in [0, 0.1) is 11.8 Å². The molecule has 22 heavy (non-hydrogen) atoms. The van der Waals surface area contributed by atoms with Crippen molar-refractivity contribution in [3.63, 3.8) is 0 Å². The molecule has 0 radical (unpaired) electrons. The number of carbonyl (C=O) groups is 3. The van der Waals surface area contributed by atoms with Crippen LogP contribution in [-0.4, -0.2) is 29.6 Å². The van der Waals surface area contributed by atoms with E-state index in [4.69, 9.17) is 9.47 Å². The number of carbonyl (C=O) groups excluding carboxylic acids is 2. The number of fused-ring (bicyclic) bond motifs is 1. The fourth-order valence-electron chi connectivity index (χ4n) is 2.97. The van der Waals surface area contributed by atoms with Gasteiger partial charge in [-0.1, -0.05) is 15.9 Å². The third-order valence-electron chi connectivity index (χ3n) is 3.89. The van der Waals surface area contributed by atoms with Crippen molar-refractivity contribution >= 4 is 49.8 Å². The van der Waals surface area contributed by atoms with Gasteiger partial charge in [0.2, 0.25) is 0 Å². The van der Waals surface area contributed by atoms with Gasteiger partial charge in [-0.05, 0) is 34.5 Å². The highest BCUT2D eigenvalue weighted by Gasteiger charge is 2.50. The van der Waals surface area contributed by atoms with Gasteiger partial charge in [-0.3, -0.25) is 14.4 Å². The molecule has 3 atom stereocenters. The van der Waals surface area contributed by atoms with Gasteiger partial charge < -0.3 is 14.6 Å². The van der Waals surface area contributed by atoms with Crippen LogP contribution in [0.2, 0.25) is 0 Å². The molecule has 2 heterocycles. The van der Waals surface area contributed by atoms with Gasteiger partial charge in [-0.15, -0.1) is 0 Å². The van der Waals surface area contributed by atoms with Gasteiger partial charge in [0, 0.05) is 16.0 Å². The summed E-state index contributed by atoms with van der Waals surface area (Å²) in [5.74, 6) is -5.30. The molecule has 0 aliphatic carbocycles. The monoisotopic (exact) mass is 432 g/mol. The molecule has 1 N–H and O–H groups in total. The number of hydrogen-bond acceptors (Lipinski definition) is 5. The maximum absolute atomic E-state index is 12.1. The van der Waals surface area contributed by atoms with Gasteiger partial charge in [0.05, 0.1) is 17.0 Å². The van der Waals surface area contributed by atoms with E-state index in [2.05, 4.69) is 31.9 Å². The lowest BCUT2D eigenvalue weighted by molar-refractivity contribution is -0.157. The first-order chi connectivity index (χ1) is 10.4. The van der Waals surface area contributed by atoms with E-state index >= 15 is 0 Å². The molecule has 0 bridgehead atoms. The molecular formula is C14H10Br2O6. The van der Waals surface area contributed by atoms with E-state index in [1.807, 2.05) is 0 Å². The number of esters is 2. The maximum Gasteiger partial charge on any atom is 0.326 e. The highest BCUT2D eigenvalue weighted by Crippen LogP contribution is 2.48. The van der Waals surface area contributed by atoms with Gasteiger partial charge in [-0.25, -0.2) is 0 Å². The largest absolute Gasteiger partial charge is 0.481 e. The van der Waals surface area contributed by atoms with Crippen molar-refractivity contribution in [1.82, 2.24) is 0 Å². The molecule has 0 amide bonds. The van der Waals surface area contributed by atoms with Crippen LogP contribution >= 0.6 is 31.9 Å². The van der Waals surface area contributed by atoms with Gasteiger partial charge in [-0.2, -0.15) is 0 Å². The van der Waals surface area contributed by atoms with Crippen molar-refractivity contribution < 1.29 is 29.0 Å². The molecule has 6 nitrogen and oxygen atoms in total. The van der Waals surface area contributed by atoms with Crippen LogP contribution in [0.25, 0.3) is 0 Å². The van der Waals surface area contributed by atoms with Gasteiger partial charge in [0.1, 0.15) is 5.75 Å². The number of ether oxygens (including phenoxy) is 2. The minimum Gasteiger partial charge on any atom is -0.481 e. The van der Waals surface area contributed by atoms with Crippen LogP contribution in [0.4, 0.5) is 0 Å². The highest BCUT2D eigenvalue weighted by atomic mass is 79.9. The predicted molar refractivity (Wildman–Crippen MR) is 80.4 cm³/mol. The van der Waals surface area contributed by atoms with Crippen molar-refractivity contribution in [2.45, 2.75) is 12.3 Å². The number of hydrogen-bond donors (Lipinski definition) is 1. The molecule has 2 aliphatic heterocycles. The van der Waals surface area contributed by atoms with Crippen molar-refractivity contribution in [2.75, 3.05) is 6.61 Å². The molecule has 1 aromatic carbocycles. The second-order valence-corrected chi connectivity index (χ2v) is 6.90. The summed E-state index contributed by atoms with van der Waals surface area (Å²) in [5, 5.41) is 9.41. The summed E-state index contributed by atoms with van der Waals surface area (Å²) in [4.78, 5) is 35.6. The predicted octanol–water partition coefficient (Wildman–Crippen LogP) is 2.48. The lowest BCUT2D eigenvalue weighted by Gasteiger charge is -2.32. The van der Waals surface area contributed by atoms with E-state index < -0.39 is 35.7 Å². The quantitative estimate of drug-likeness (QED) is 0.437. The Kier molecular flexibility index (Phi) is 3.98. The number of halogens is 2. The van der Waals surface area contributed by atoms with E-state index in [1.54, 1.807) is 12.1 Å². The molecule has 0 aromatic heterocycles. The minimum absolute atomic E-state index is 0.228. The minimum atomic E-state index is -1.43. The Balaban J connectivity index is 2.19. The summed E-state index contributed by atoms with van der Waals surface area (Å²) in [6.07, 6.45) is 0.379. The number of carboxylic acid groups (broad SMARTS) is 1. The number of carboxylic acids is 1. The Morgan fingerprint density at radius 1 is 1.23 bits per heavy atom. The second kappa shape index (κ2) is 5.66. The summed E-state index contributed by atoms with van der Waals surface area (Å²) in [5.41, 5.74) is 0.511. The molecule has 1 aromatic rings. The topological polar surface area (TPSA) is 89.9 Å². The zero-order valence-electron chi connectivity index (χ0n) is 11.0. The Labute approximate surface area is 142 Å². The maximum atomic E-state index is 12.1. The van der Waals surface area contributed by atoms with Crippen LogP contribution in [0.1, 0.15) is 17.9 Å². The van der Waals surface area contributed by atoms with E-state index in [1.165, 1.54) is 0 Å². The summed E-state index contributed by atoms with van der Waals surface area (Å²) in [6, 6.07) is 3.37. The number of benzene rings is 1. The molecular weight excluding hydrogens is 424 g/mol. The third-order valence-corrected chi connectivity index (χ3v) is 4.93. The first kappa shape index (κ1) is 15.5. The molecule has 3 unspecified atom stereocenters. The number of rotatable bonds is 2. The third kappa shape index (κ3) is 2.44. The van der Waals surface area contributed by atoms with E-state index in [-0.39, 0.29) is 12.4 Å². The summed E-state index contributed by atoms with van der Waals surface area (Å²) < 4.78 is 11.3. The van der Waals surface area contributed by atoms with Crippen LogP contribution in [0.3, 0.4) is 0 Å². The summed E-state index contributed by atoms with van der Waals surface area (Å²) in [7, 11) is 0. The Morgan fingerprint density at radius 3 is 2.55 bits per heavy atom. The number of aliphatic carboxylic acids is 1. The first-order valence-electron chi connectivity index (χ1n) is 6.50. The van der Waals surface area contributed by atoms with Crippen molar-refractivity contribution in [3.05, 3.63) is 26.6 Å². The number of cyclic esters (lactones) is 1. The molecule has 0 spiro atoms. The van der Waals surface area contributed by atoms with Gasteiger partial charge in [0.15, 0.2) is 5.92 Å². The molecule has 1 fully saturated rings. The second-order valence-electron chi connectivity index (χ2n) is 5.13. The summed E-state index contributed by atoms with van der Waals surface area (Å²) in [6.45, 7) is 0.228. The molecule has 116 valence electrons. The SMILES string of the molecule is O=C1OCCC1C1c2cc(Br)cc(Br)c2OC(=O)C1C(=O)O. The summed E-state index contributed by atoms with van der Waals surface area (Å²) >= 11 is 6.63. The Hall–Kier alpha value is -1.41. The van der Waals surface area contributed by atoms with E-state index in [9.17, 15) is 19.5 Å². The lowest BCUT2D eigenvalue weighted by Crippen LogP contribution is -2.41. The zero-order chi connectivity index (χ0) is 16.0. The molecule has 0 saturated carbocycles. The Morgan fingerprint density at radius 2 is 1.95 bits per heavy atom. The van der Waals surface area contributed by atoms with Crippen LogP contribution in [0.15, 0.2) is 21.1 Å². The van der Waals surface area contributed by atoms with Crippen molar-refractivity contribution in [2.24, 2.45) is 11.8 Å². The first-order valence-corrected chi connectivity index (χ1v) is 8.09. The van der Waals surface area contributed by atoms with Crippen LogP contribution in [0.5, 0.6) is 5.75 Å². The fraction of sp³-hybridized carbons (Fsp3) is 0.357. The average Bonchev–Trinajstić information content (AvgIpc) is 2.84. The smallest absolute Gasteiger partial charge is 0.326 e.